The minimum atomic E-state index is -0.386. The molecule has 5 nitrogen and oxygen atoms in total. The first kappa shape index (κ1) is 17.5. The van der Waals surface area contributed by atoms with Crippen LogP contribution < -0.4 is 0 Å². The van der Waals surface area contributed by atoms with Crippen molar-refractivity contribution < 1.29 is 4.84 Å². The molecule has 134 valence electrons. The minimum absolute atomic E-state index is 0.0727. The second-order valence-corrected chi connectivity index (χ2v) is 7.35. The van der Waals surface area contributed by atoms with Gasteiger partial charge in [-0.2, -0.15) is 10.2 Å². The summed E-state index contributed by atoms with van der Waals surface area (Å²) in [5.74, 6) is 0. The molecule has 0 saturated carbocycles. The number of aromatic nitrogens is 3. The zero-order valence-electron chi connectivity index (χ0n) is 14.2. The summed E-state index contributed by atoms with van der Waals surface area (Å²) in [6.45, 7) is 0.620. The lowest BCUT2D eigenvalue weighted by Gasteiger charge is -2.34. The third-order valence-corrected chi connectivity index (χ3v) is 5.43. The first-order valence-corrected chi connectivity index (χ1v) is 9.07. The Morgan fingerprint density at radius 3 is 2.35 bits per heavy atom. The second-order valence-electron chi connectivity index (χ2n) is 6.48. The molecule has 2 aromatic carbocycles. The Morgan fingerprint density at radius 2 is 1.73 bits per heavy atom. The highest BCUT2D eigenvalue weighted by Crippen LogP contribution is 2.47. The number of halogens is 2. The molecule has 26 heavy (non-hydrogen) atoms. The van der Waals surface area contributed by atoms with Crippen molar-refractivity contribution in [1.29, 1.82) is 0 Å². The predicted octanol–water partition coefficient (Wildman–Crippen LogP) is 4.49. The van der Waals surface area contributed by atoms with Crippen LogP contribution >= 0.6 is 23.2 Å². The first-order valence-electron chi connectivity index (χ1n) is 8.31. The van der Waals surface area contributed by atoms with E-state index in [0.29, 0.717) is 16.6 Å². The van der Waals surface area contributed by atoms with Gasteiger partial charge in [-0.25, -0.2) is 4.98 Å². The molecule has 1 aliphatic rings. The lowest BCUT2D eigenvalue weighted by atomic mass is 9.84. The van der Waals surface area contributed by atoms with Gasteiger partial charge in [0.25, 0.3) is 0 Å². The van der Waals surface area contributed by atoms with Crippen molar-refractivity contribution in [3.63, 3.8) is 0 Å². The fourth-order valence-electron chi connectivity index (χ4n) is 3.52. The summed E-state index contributed by atoms with van der Waals surface area (Å²) >= 11 is 12.1. The van der Waals surface area contributed by atoms with Gasteiger partial charge < -0.3 is 0 Å². The fourth-order valence-corrected chi connectivity index (χ4v) is 3.77. The normalized spacial score (nSPS) is 23.4. The Hall–Kier alpha value is -1.92. The average Bonchev–Trinajstić information content (AvgIpc) is 3.25. The summed E-state index contributed by atoms with van der Waals surface area (Å²) < 4.78 is 1.83. The maximum absolute atomic E-state index is 6.23. The zero-order valence-corrected chi connectivity index (χ0v) is 15.7. The van der Waals surface area contributed by atoms with Gasteiger partial charge in [0.15, 0.2) is 0 Å². The van der Waals surface area contributed by atoms with Crippen LogP contribution in [0.15, 0.2) is 61.2 Å². The van der Waals surface area contributed by atoms with Gasteiger partial charge in [-0.05, 0) is 35.4 Å². The van der Waals surface area contributed by atoms with Crippen LogP contribution in [0.4, 0.5) is 0 Å². The Labute approximate surface area is 162 Å². The van der Waals surface area contributed by atoms with E-state index >= 15 is 0 Å². The Bertz CT molecular complexity index is 868. The van der Waals surface area contributed by atoms with E-state index in [0.717, 1.165) is 17.5 Å². The third kappa shape index (κ3) is 3.23. The Kier molecular flexibility index (Phi) is 4.71. The van der Waals surface area contributed by atoms with Crippen molar-refractivity contribution in [1.82, 2.24) is 19.8 Å². The van der Waals surface area contributed by atoms with Gasteiger partial charge in [-0.1, -0.05) is 47.5 Å². The molecule has 1 saturated heterocycles. The lowest BCUT2D eigenvalue weighted by Crippen LogP contribution is -2.41. The van der Waals surface area contributed by atoms with Gasteiger partial charge in [0.2, 0.25) is 0 Å². The number of likely N-dealkylation sites (N-methyl/N-ethyl adjacent to an activating group) is 1. The van der Waals surface area contributed by atoms with Gasteiger partial charge in [0.05, 0.1) is 12.1 Å². The molecule has 0 bridgehead atoms. The molecule has 0 aliphatic carbocycles. The van der Waals surface area contributed by atoms with E-state index in [9.17, 15) is 0 Å². The molecule has 1 fully saturated rings. The lowest BCUT2D eigenvalue weighted by molar-refractivity contribution is -0.176. The largest absolute Gasteiger partial charge is 0.290 e. The highest BCUT2D eigenvalue weighted by Gasteiger charge is 2.47. The van der Waals surface area contributed by atoms with E-state index in [1.54, 1.807) is 12.7 Å². The summed E-state index contributed by atoms with van der Waals surface area (Å²) in [6, 6.07) is 15.7. The number of hydroxylamine groups is 2. The molecule has 4 rings (SSSR count). The highest BCUT2D eigenvalue weighted by molar-refractivity contribution is 6.30. The molecule has 1 aliphatic heterocycles. The van der Waals surface area contributed by atoms with Crippen LogP contribution in [-0.4, -0.2) is 26.9 Å². The number of nitrogens with zero attached hydrogens (tertiary/aromatic N) is 4. The summed E-state index contributed by atoms with van der Waals surface area (Å²) in [5.41, 5.74) is 1.83. The van der Waals surface area contributed by atoms with E-state index in [-0.39, 0.29) is 11.6 Å². The van der Waals surface area contributed by atoms with E-state index in [1.807, 2.05) is 65.3 Å². The number of hydrogen-bond acceptors (Lipinski definition) is 4. The maximum Gasteiger partial charge on any atom is 0.137 e. The van der Waals surface area contributed by atoms with Gasteiger partial charge in [0.1, 0.15) is 18.8 Å². The van der Waals surface area contributed by atoms with Crippen LogP contribution in [0.3, 0.4) is 0 Å². The molecule has 0 N–H and O–H groups in total. The fraction of sp³-hybridized carbons (Fsp3) is 0.263. The van der Waals surface area contributed by atoms with Crippen molar-refractivity contribution in [2.75, 3.05) is 7.05 Å². The van der Waals surface area contributed by atoms with Crippen molar-refractivity contribution in [3.05, 3.63) is 82.4 Å². The summed E-state index contributed by atoms with van der Waals surface area (Å²) in [6.07, 6.45) is 3.96. The molecular weight excluding hydrogens is 371 g/mol. The molecule has 2 heterocycles. The molecular formula is C19H18Cl2N4O. The van der Waals surface area contributed by atoms with Gasteiger partial charge >= 0.3 is 0 Å². The van der Waals surface area contributed by atoms with Crippen molar-refractivity contribution >= 4 is 23.2 Å². The van der Waals surface area contributed by atoms with E-state index in [4.69, 9.17) is 28.0 Å². The average molecular weight is 389 g/mol. The Balaban J connectivity index is 1.72. The molecule has 0 radical (unpaired) electrons. The van der Waals surface area contributed by atoms with Gasteiger partial charge in [0, 0.05) is 23.5 Å². The quantitative estimate of drug-likeness (QED) is 0.660. The summed E-state index contributed by atoms with van der Waals surface area (Å²) in [7, 11) is 1.96. The standard InChI is InChI=1S/C19H18Cl2N4O/c1-24-19(11-25-13-22-12-23-25,15-4-8-17(21)9-5-15)10-18(26-24)14-2-6-16(20)7-3-14/h2-9,12-13,18H,10-11H2,1H3/t18-,19-/m1/s1. The molecule has 2 atom stereocenters. The zero-order chi connectivity index (χ0) is 18.1. The van der Waals surface area contributed by atoms with E-state index in [1.165, 1.54) is 0 Å². The van der Waals surface area contributed by atoms with Crippen molar-refractivity contribution in [2.45, 2.75) is 24.6 Å². The van der Waals surface area contributed by atoms with Gasteiger partial charge in [-0.3, -0.25) is 9.52 Å². The molecule has 3 aromatic rings. The van der Waals surface area contributed by atoms with Crippen LogP contribution in [0.1, 0.15) is 23.7 Å². The van der Waals surface area contributed by atoms with Crippen LogP contribution in [0.5, 0.6) is 0 Å². The third-order valence-electron chi connectivity index (χ3n) is 4.92. The number of rotatable bonds is 4. The number of benzene rings is 2. The predicted molar refractivity (Wildman–Crippen MR) is 101 cm³/mol. The molecule has 1 aromatic heterocycles. The SMILES string of the molecule is CN1O[C@@H](c2ccc(Cl)cc2)C[C@@]1(Cn1cncn1)c1ccc(Cl)cc1. The van der Waals surface area contributed by atoms with E-state index in [2.05, 4.69) is 10.1 Å². The van der Waals surface area contributed by atoms with Crippen LogP contribution in [0, 0.1) is 0 Å². The molecule has 7 heteroatoms. The van der Waals surface area contributed by atoms with Crippen LogP contribution in [0.2, 0.25) is 10.0 Å². The van der Waals surface area contributed by atoms with Crippen molar-refractivity contribution in [3.8, 4) is 0 Å². The topological polar surface area (TPSA) is 43.2 Å². The van der Waals surface area contributed by atoms with Gasteiger partial charge in [-0.15, -0.1) is 0 Å². The monoisotopic (exact) mass is 388 g/mol. The molecule has 0 amide bonds. The van der Waals surface area contributed by atoms with E-state index < -0.39 is 0 Å². The van der Waals surface area contributed by atoms with Crippen LogP contribution in [-0.2, 0) is 16.9 Å². The molecule has 0 unspecified atom stereocenters. The highest BCUT2D eigenvalue weighted by atomic mass is 35.5. The second kappa shape index (κ2) is 7.00. The summed E-state index contributed by atoms with van der Waals surface area (Å²) in [5, 5.41) is 7.64. The first-order chi connectivity index (χ1) is 12.6. The Morgan fingerprint density at radius 1 is 1.08 bits per heavy atom. The number of hydrogen-bond donors (Lipinski definition) is 0. The van der Waals surface area contributed by atoms with Crippen molar-refractivity contribution in [2.24, 2.45) is 0 Å². The minimum Gasteiger partial charge on any atom is -0.290 e. The smallest absolute Gasteiger partial charge is 0.137 e. The molecule has 0 spiro atoms. The maximum atomic E-state index is 6.23. The van der Waals surface area contributed by atoms with Crippen LogP contribution in [0.25, 0.3) is 0 Å². The summed E-state index contributed by atoms with van der Waals surface area (Å²) in [4.78, 5) is 10.3.